The molecule has 0 aliphatic rings. The van der Waals surface area contributed by atoms with Crippen LogP contribution in [0.4, 0.5) is 17.8 Å². The van der Waals surface area contributed by atoms with Gasteiger partial charge in [-0.1, -0.05) is 6.07 Å². The van der Waals surface area contributed by atoms with Crippen molar-refractivity contribution < 1.29 is 0 Å². The van der Waals surface area contributed by atoms with Gasteiger partial charge in [-0.3, -0.25) is 0 Å². The Morgan fingerprint density at radius 1 is 1.14 bits per heavy atom. The maximum atomic E-state index is 4.60. The summed E-state index contributed by atoms with van der Waals surface area (Å²) in [6.07, 6.45) is 0. The first kappa shape index (κ1) is 15.5. The van der Waals surface area contributed by atoms with Crippen LogP contribution >= 0.6 is 11.3 Å². The largest absolute Gasteiger partial charge is 0.357 e. The van der Waals surface area contributed by atoms with Crippen LogP contribution in [-0.2, 0) is 6.54 Å². The van der Waals surface area contributed by atoms with Crippen LogP contribution in [0.15, 0.2) is 17.5 Å². The van der Waals surface area contributed by atoms with Crippen LogP contribution < -0.4 is 15.1 Å². The minimum Gasteiger partial charge on any atom is -0.357 e. The number of anilines is 3. The zero-order chi connectivity index (χ0) is 15.2. The highest BCUT2D eigenvalue weighted by Crippen LogP contribution is 2.18. The molecule has 0 bridgehead atoms. The van der Waals surface area contributed by atoms with Crippen LogP contribution in [0.2, 0.25) is 0 Å². The molecule has 1 N–H and O–H groups in total. The Kier molecular flexibility index (Phi) is 5.32. The predicted molar refractivity (Wildman–Crippen MR) is 89.4 cm³/mol. The second-order valence-electron chi connectivity index (χ2n) is 4.62. The highest BCUT2D eigenvalue weighted by molar-refractivity contribution is 7.09. The van der Waals surface area contributed by atoms with Crippen molar-refractivity contribution in [1.82, 2.24) is 15.0 Å². The Balaban J connectivity index is 2.27. The first-order chi connectivity index (χ1) is 10.2. The average Bonchev–Trinajstić information content (AvgIpc) is 3.01. The van der Waals surface area contributed by atoms with Gasteiger partial charge >= 0.3 is 0 Å². The molecule has 0 amide bonds. The molecule has 0 aliphatic heterocycles. The van der Waals surface area contributed by atoms with E-state index in [4.69, 9.17) is 0 Å². The van der Waals surface area contributed by atoms with Crippen LogP contribution in [0.3, 0.4) is 0 Å². The van der Waals surface area contributed by atoms with Crippen molar-refractivity contribution >= 4 is 29.2 Å². The Morgan fingerprint density at radius 2 is 1.86 bits per heavy atom. The van der Waals surface area contributed by atoms with Crippen LogP contribution in [0.25, 0.3) is 0 Å². The first-order valence-corrected chi connectivity index (χ1v) is 7.98. The number of rotatable bonds is 7. The minimum atomic E-state index is 0.597. The third-order valence-corrected chi connectivity index (χ3v) is 4.06. The molecule has 2 heterocycles. The van der Waals surface area contributed by atoms with E-state index in [1.807, 2.05) is 19.0 Å². The minimum absolute atomic E-state index is 0.597. The van der Waals surface area contributed by atoms with Gasteiger partial charge in [-0.2, -0.15) is 15.0 Å². The number of thiophene rings is 1. The topological polar surface area (TPSA) is 57.2 Å². The molecule has 0 saturated heterocycles. The molecule has 0 spiro atoms. The van der Waals surface area contributed by atoms with Gasteiger partial charge in [0.25, 0.3) is 0 Å². The van der Waals surface area contributed by atoms with Gasteiger partial charge in [0.1, 0.15) is 0 Å². The number of nitrogens with one attached hydrogen (secondary N) is 1. The molecule has 2 rings (SSSR count). The van der Waals surface area contributed by atoms with Crippen molar-refractivity contribution in [2.75, 3.05) is 42.3 Å². The molecule has 0 aromatic carbocycles. The van der Waals surface area contributed by atoms with Crippen molar-refractivity contribution in [2.45, 2.75) is 20.4 Å². The summed E-state index contributed by atoms with van der Waals surface area (Å²) in [6.45, 7) is 6.74. The molecule has 0 saturated carbocycles. The molecule has 114 valence electrons. The van der Waals surface area contributed by atoms with Crippen LogP contribution in [0.1, 0.15) is 18.7 Å². The summed E-state index contributed by atoms with van der Waals surface area (Å²) in [4.78, 5) is 18.9. The summed E-state index contributed by atoms with van der Waals surface area (Å²) in [5, 5.41) is 5.09. The number of hydrogen-bond acceptors (Lipinski definition) is 7. The van der Waals surface area contributed by atoms with Gasteiger partial charge in [0.15, 0.2) is 0 Å². The Labute approximate surface area is 129 Å². The third kappa shape index (κ3) is 3.81. The molecule has 21 heavy (non-hydrogen) atoms. The van der Waals surface area contributed by atoms with Gasteiger partial charge in [-0.25, -0.2) is 0 Å². The highest BCUT2D eigenvalue weighted by atomic mass is 32.1. The normalized spacial score (nSPS) is 10.5. The van der Waals surface area contributed by atoms with Crippen LogP contribution in [0, 0.1) is 0 Å². The molecule has 0 atom stereocenters. The van der Waals surface area contributed by atoms with Crippen molar-refractivity contribution in [1.29, 1.82) is 0 Å². The van der Waals surface area contributed by atoms with Gasteiger partial charge in [0, 0.05) is 32.1 Å². The molecule has 6 nitrogen and oxygen atoms in total. The van der Waals surface area contributed by atoms with Gasteiger partial charge in [-0.15, -0.1) is 11.3 Å². The van der Waals surface area contributed by atoms with E-state index < -0.39 is 0 Å². The van der Waals surface area contributed by atoms with Crippen molar-refractivity contribution in [2.24, 2.45) is 0 Å². The Bertz CT molecular complexity index is 553. The first-order valence-electron chi connectivity index (χ1n) is 7.10. The van der Waals surface area contributed by atoms with Crippen LogP contribution in [0.5, 0.6) is 0 Å². The van der Waals surface area contributed by atoms with E-state index in [9.17, 15) is 0 Å². The third-order valence-electron chi connectivity index (χ3n) is 3.20. The SMILES string of the molecule is CCN(CC)c1nc(NC)nc(N(C)Cc2cccs2)n1. The molecule has 2 aromatic rings. The Hall–Kier alpha value is -1.89. The lowest BCUT2D eigenvalue weighted by atomic mass is 10.4. The summed E-state index contributed by atoms with van der Waals surface area (Å²) in [7, 11) is 3.82. The summed E-state index contributed by atoms with van der Waals surface area (Å²) >= 11 is 1.74. The summed E-state index contributed by atoms with van der Waals surface area (Å²) in [5.74, 6) is 2.00. The lowest BCUT2D eigenvalue weighted by Crippen LogP contribution is -2.27. The smallest absolute Gasteiger partial charge is 0.232 e. The van der Waals surface area contributed by atoms with Crippen molar-refractivity contribution in [3.8, 4) is 0 Å². The lowest BCUT2D eigenvalue weighted by molar-refractivity contribution is 0.795. The molecule has 0 radical (unpaired) electrons. The van der Waals surface area contributed by atoms with Gasteiger partial charge < -0.3 is 15.1 Å². The quantitative estimate of drug-likeness (QED) is 0.848. The summed E-state index contributed by atoms with van der Waals surface area (Å²) in [5.41, 5.74) is 0. The molecule has 0 fully saturated rings. The fourth-order valence-electron chi connectivity index (χ4n) is 1.99. The molecule has 2 aromatic heterocycles. The van der Waals surface area contributed by atoms with E-state index >= 15 is 0 Å². The standard InChI is InChI=1S/C14H22N6S/c1-5-20(6-2)14-17-12(15-3)16-13(18-14)19(4)10-11-8-7-9-21-11/h7-9H,5-6,10H2,1-4H3,(H,15,16,17,18). The van der Waals surface area contributed by atoms with Gasteiger partial charge in [0.2, 0.25) is 17.8 Å². The van der Waals surface area contributed by atoms with E-state index in [0.717, 1.165) is 19.6 Å². The number of nitrogens with zero attached hydrogens (tertiary/aromatic N) is 5. The fraction of sp³-hybridized carbons (Fsp3) is 0.500. The van der Waals surface area contributed by atoms with Crippen molar-refractivity contribution in [3.63, 3.8) is 0 Å². The van der Waals surface area contributed by atoms with Crippen molar-refractivity contribution in [3.05, 3.63) is 22.4 Å². The Morgan fingerprint density at radius 3 is 2.43 bits per heavy atom. The average molecular weight is 306 g/mol. The highest BCUT2D eigenvalue weighted by Gasteiger charge is 2.13. The molecule has 0 aliphatic carbocycles. The van der Waals surface area contributed by atoms with E-state index in [-0.39, 0.29) is 0 Å². The second kappa shape index (κ2) is 7.21. The van der Waals surface area contributed by atoms with E-state index in [2.05, 4.69) is 56.5 Å². The molecule has 7 heteroatoms. The number of aromatic nitrogens is 3. The molecular weight excluding hydrogens is 284 g/mol. The molecule has 0 unspecified atom stereocenters. The summed E-state index contributed by atoms with van der Waals surface area (Å²) in [6, 6.07) is 4.17. The predicted octanol–water partition coefficient (Wildman–Crippen LogP) is 2.46. The van der Waals surface area contributed by atoms with E-state index in [1.165, 1.54) is 4.88 Å². The lowest BCUT2D eigenvalue weighted by Gasteiger charge is -2.22. The van der Waals surface area contributed by atoms with E-state index in [1.54, 1.807) is 11.3 Å². The molecular formula is C14H22N6S. The maximum Gasteiger partial charge on any atom is 0.232 e. The maximum absolute atomic E-state index is 4.60. The zero-order valence-electron chi connectivity index (χ0n) is 13.0. The van der Waals surface area contributed by atoms with Gasteiger partial charge in [-0.05, 0) is 25.3 Å². The zero-order valence-corrected chi connectivity index (χ0v) is 13.8. The van der Waals surface area contributed by atoms with Gasteiger partial charge in [0.05, 0.1) is 6.54 Å². The monoisotopic (exact) mass is 306 g/mol. The fourth-order valence-corrected chi connectivity index (χ4v) is 2.75. The van der Waals surface area contributed by atoms with Crippen LogP contribution in [-0.4, -0.2) is 42.1 Å². The van der Waals surface area contributed by atoms with E-state index in [0.29, 0.717) is 17.8 Å². The second-order valence-corrected chi connectivity index (χ2v) is 5.65. The summed E-state index contributed by atoms with van der Waals surface area (Å²) < 4.78 is 0. The number of hydrogen-bond donors (Lipinski definition) is 1.